The van der Waals surface area contributed by atoms with Crippen molar-refractivity contribution in [1.29, 1.82) is 5.26 Å². The van der Waals surface area contributed by atoms with E-state index in [-0.39, 0.29) is 17.3 Å². The van der Waals surface area contributed by atoms with E-state index in [1.54, 1.807) is 12.4 Å². The lowest BCUT2D eigenvalue weighted by atomic mass is 9.94. The first-order valence-electron chi connectivity index (χ1n) is 10.1. The van der Waals surface area contributed by atoms with E-state index in [4.69, 9.17) is 11.5 Å². The number of aromatic nitrogens is 2. The fourth-order valence-electron chi connectivity index (χ4n) is 3.54. The van der Waals surface area contributed by atoms with Gasteiger partial charge in [0.1, 0.15) is 27.2 Å². The van der Waals surface area contributed by atoms with Gasteiger partial charge in [-0.15, -0.1) is 11.3 Å². The minimum atomic E-state index is -0.312. The van der Waals surface area contributed by atoms with Gasteiger partial charge in [0.25, 0.3) is 5.91 Å². The van der Waals surface area contributed by atoms with Crippen molar-refractivity contribution in [1.82, 2.24) is 15.3 Å². The Hall–Kier alpha value is -3.96. The molecule has 0 radical (unpaired) electrons. The van der Waals surface area contributed by atoms with E-state index in [0.29, 0.717) is 38.8 Å². The summed E-state index contributed by atoms with van der Waals surface area (Å²) < 4.78 is 0. The van der Waals surface area contributed by atoms with Crippen molar-refractivity contribution in [2.24, 2.45) is 0 Å². The number of pyridine rings is 2. The van der Waals surface area contributed by atoms with Crippen LogP contribution in [-0.4, -0.2) is 15.9 Å². The Balaban J connectivity index is 1.80. The molecule has 0 spiro atoms. The molecule has 7 nitrogen and oxygen atoms in total. The number of hydrogen-bond donors (Lipinski definition) is 3. The second kappa shape index (κ2) is 8.65. The van der Waals surface area contributed by atoms with Crippen LogP contribution in [0.1, 0.15) is 46.1 Å². The molecule has 3 heterocycles. The summed E-state index contributed by atoms with van der Waals surface area (Å²) in [4.78, 5) is 22.2. The summed E-state index contributed by atoms with van der Waals surface area (Å²) in [5.41, 5.74) is 16.6. The van der Waals surface area contributed by atoms with Crippen LogP contribution >= 0.6 is 11.3 Å². The number of carbonyl (C=O) groups excluding carboxylic acids is 1. The van der Waals surface area contributed by atoms with Crippen molar-refractivity contribution >= 4 is 39.0 Å². The smallest absolute Gasteiger partial charge is 0.263 e. The number of amides is 1. The van der Waals surface area contributed by atoms with E-state index in [1.807, 2.05) is 36.4 Å². The van der Waals surface area contributed by atoms with Crippen molar-refractivity contribution in [2.45, 2.75) is 26.3 Å². The van der Waals surface area contributed by atoms with Gasteiger partial charge in [-0.1, -0.05) is 44.2 Å². The zero-order valence-corrected chi connectivity index (χ0v) is 18.5. The molecule has 0 unspecified atom stereocenters. The van der Waals surface area contributed by atoms with Gasteiger partial charge in [-0.25, -0.2) is 4.98 Å². The number of nitrogens with two attached hydrogens (primary N) is 2. The Bertz CT molecular complexity index is 1340. The van der Waals surface area contributed by atoms with Crippen molar-refractivity contribution < 1.29 is 4.79 Å². The Kier molecular flexibility index (Phi) is 5.75. The number of nitrogens with one attached hydrogen (secondary N) is 1. The van der Waals surface area contributed by atoms with Gasteiger partial charge in [0, 0.05) is 29.9 Å². The average Bonchev–Trinajstić information content (AvgIpc) is 3.13. The molecule has 8 heteroatoms. The molecule has 0 aliphatic rings. The van der Waals surface area contributed by atoms with Crippen LogP contribution in [0.5, 0.6) is 0 Å². The molecule has 0 aliphatic carbocycles. The van der Waals surface area contributed by atoms with E-state index in [0.717, 1.165) is 22.5 Å². The highest BCUT2D eigenvalue weighted by molar-refractivity contribution is 7.21. The van der Waals surface area contributed by atoms with Crippen LogP contribution in [0.15, 0.2) is 48.8 Å². The van der Waals surface area contributed by atoms with Crippen LogP contribution < -0.4 is 16.8 Å². The van der Waals surface area contributed by atoms with E-state index < -0.39 is 0 Å². The van der Waals surface area contributed by atoms with E-state index in [9.17, 15) is 10.1 Å². The van der Waals surface area contributed by atoms with Gasteiger partial charge >= 0.3 is 0 Å². The lowest BCUT2D eigenvalue weighted by Crippen LogP contribution is -2.22. The lowest BCUT2D eigenvalue weighted by molar-refractivity contribution is 0.0956. The fourth-order valence-corrected chi connectivity index (χ4v) is 4.57. The zero-order chi connectivity index (χ0) is 22.8. The molecule has 1 amide bonds. The number of nitriles is 1. The lowest BCUT2D eigenvalue weighted by Gasteiger charge is -2.11. The second-order valence-electron chi connectivity index (χ2n) is 7.70. The summed E-state index contributed by atoms with van der Waals surface area (Å²) >= 11 is 1.16. The summed E-state index contributed by atoms with van der Waals surface area (Å²) in [6, 6.07) is 13.8. The molecule has 1 aromatic carbocycles. The topological polar surface area (TPSA) is 131 Å². The summed E-state index contributed by atoms with van der Waals surface area (Å²) in [6.45, 7) is 4.56. The van der Waals surface area contributed by atoms with Crippen LogP contribution in [0.3, 0.4) is 0 Å². The molecule has 0 fully saturated rings. The first-order chi connectivity index (χ1) is 15.4. The minimum Gasteiger partial charge on any atom is -0.397 e. The maximum atomic E-state index is 12.9. The molecular weight excluding hydrogens is 420 g/mol. The maximum Gasteiger partial charge on any atom is 0.263 e. The predicted molar refractivity (Wildman–Crippen MR) is 128 cm³/mol. The van der Waals surface area contributed by atoms with Crippen LogP contribution in [0, 0.1) is 11.3 Å². The highest BCUT2D eigenvalue weighted by atomic mass is 32.1. The number of thiophene rings is 1. The monoisotopic (exact) mass is 442 g/mol. The Morgan fingerprint density at radius 2 is 1.97 bits per heavy atom. The molecule has 4 aromatic rings. The quantitative estimate of drug-likeness (QED) is 0.418. The Morgan fingerprint density at radius 3 is 2.59 bits per heavy atom. The van der Waals surface area contributed by atoms with Crippen LogP contribution in [0.25, 0.3) is 21.3 Å². The molecule has 0 saturated carbocycles. The van der Waals surface area contributed by atoms with Crippen molar-refractivity contribution in [3.8, 4) is 17.2 Å². The number of anilines is 2. The van der Waals surface area contributed by atoms with Crippen LogP contribution in [0.2, 0.25) is 0 Å². The summed E-state index contributed by atoms with van der Waals surface area (Å²) in [6.07, 6.45) is 3.36. The molecule has 0 atom stereocenters. The number of benzene rings is 1. The van der Waals surface area contributed by atoms with Gasteiger partial charge in [-0.3, -0.25) is 9.78 Å². The first kappa shape index (κ1) is 21.3. The third kappa shape index (κ3) is 3.86. The largest absolute Gasteiger partial charge is 0.397 e. The van der Waals surface area contributed by atoms with E-state index in [2.05, 4.69) is 35.2 Å². The highest BCUT2D eigenvalue weighted by Gasteiger charge is 2.24. The van der Waals surface area contributed by atoms with Gasteiger partial charge < -0.3 is 16.8 Å². The zero-order valence-electron chi connectivity index (χ0n) is 17.7. The molecule has 0 bridgehead atoms. The number of hydrogen-bond acceptors (Lipinski definition) is 7. The minimum absolute atomic E-state index is 0.117. The average molecular weight is 443 g/mol. The van der Waals surface area contributed by atoms with Gasteiger partial charge in [0.05, 0.1) is 5.69 Å². The van der Waals surface area contributed by atoms with Crippen molar-refractivity contribution in [3.05, 3.63) is 70.4 Å². The Labute approximate surface area is 189 Å². The van der Waals surface area contributed by atoms with Gasteiger partial charge in [-0.2, -0.15) is 5.26 Å². The molecule has 0 saturated heterocycles. The van der Waals surface area contributed by atoms with E-state index in [1.165, 1.54) is 5.56 Å². The van der Waals surface area contributed by atoms with Crippen LogP contribution in [0.4, 0.5) is 11.5 Å². The summed E-state index contributed by atoms with van der Waals surface area (Å²) in [7, 11) is 0. The molecule has 32 heavy (non-hydrogen) atoms. The van der Waals surface area contributed by atoms with Crippen molar-refractivity contribution in [2.75, 3.05) is 11.5 Å². The van der Waals surface area contributed by atoms with Gasteiger partial charge in [0.15, 0.2) is 0 Å². The maximum absolute atomic E-state index is 12.9. The summed E-state index contributed by atoms with van der Waals surface area (Å²) in [5, 5.41) is 13.2. The van der Waals surface area contributed by atoms with Crippen molar-refractivity contribution in [3.63, 3.8) is 0 Å². The van der Waals surface area contributed by atoms with Gasteiger partial charge in [0.2, 0.25) is 0 Å². The third-order valence-corrected chi connectivity index (χ3v) is 6.36. The SMILES string of the molecule is CC(C)c1ccc(-c2c(C#N)c(N)nc3sc(C(=O)NCc4cccnc4)c(N)c23)cc1. The standard InChI is InChI=1S/C24H22N6OS/c1-13(2)15-5-7-16(8-6-15)18-17(10-25)22(27)30-24-19(18)20(26)21(32-24)23(31)29-12-14-4-3-9-28-11-14/h3-9,11,13H,12,26H2,1-2H3,(H2,27,30)(H,29,31). The second-order valence-corrected chi connectivity index (χ2v) is 8.70. The molecule has 5 N–H and O–H groups in total. The first-order valence-corrected chi connectivity index (χ1v) is 10.9. The highest BCUT2D eigenvalue weighted by Crippen LogP contribution is 2.42. The van der Waals surface area contributed by atoms with E-state index >= 15 is 0 Å². The molecule has 3 aromatic heterocycles. The number of fused-ring (bicyclic) bond motifs is 1. The number of carbonyl (C=O) groups is 1. The number of rotatable bonds is 5. The normalized spacial score (nSPS) is 10.9. The van der Waals surface area contributed by atoms with Crippen LogP contribution in [-0.2, 0) is 6.54 Å². The number of nitrogen functional groups attached to an aromatic ring is 2. The Morgan fingerprint density at radius 1 is 1.22 bits per heavy atom. The molecule has 4 rings (SSSR count). The summed E-state index contributed by atoms with van der Waals surface area (Å²) in [5.74, 6) is 0.183. The molecule has 160 valence electrons. The predicted octanol–water partition coefficient (Wildman–Crippen LogP) is 4.45. The van der Waals surface area contributed by atoms with Gasteiger partial charge in [-0.05, 0) is 28.7 Å². The number of nitrogens with zero attached hydrogens (tertiary/aromatic N) is 3. The third-order valence-electron chi connectivity index (χ3n) is 5.26. The fraction of sp³-hybridized carbons (Fsp3) is 0.167. The molecular formula is C24H22N6OS. The molecule has 0 aliphatic heterocycles.